The van der Waals surface area contributed by atoms with Gasteiger partial charge in [-0.2, -0.15) is 5.10 Å². The molecule has 4 rings (SSSR count). The zero-order valence-corrected chi connectivity index (χ0v) is 28.0. The molecule has 0 amide bonds. The Balaban J connectivity index is 1.38. The monoisotopic (exact) mass is 609 g/mol. The van der Waals surface area contributed by atoms with E-state index in [-0.39, 0.29) is 17.9 Å². The number of likely N-dealkylation sites (N-methyl/N-ethyl adjacent to an activating group) is 1. The molecule has 2 aliphatic heterocycles. The van der Waals surface area contributed by atoms with Crippen LogP contribution in [-0.2, 0) is 0 Å². The van der Waals surface area contributed by atoms with Crippen LogP contribution in [0.4, 0.5) is 0 Å². The molecule has 2 aromatic rings. The number of fused-ring (bicyclic) bond motifs is 1. The number of aromatic nitrogens is 4. The van der Waals surface area contributed by atoms with E-state index in [4.69, 9.17) is 15.0 Å². The lowest BCUT2D eigenvalue weighted by Crippen LogP contribution is -2.38. The first-order valence-corrected chi connectivity index (χ1v) is 16.2. The third-order valence-corrected chi connectivity index (χ3v) is 8.66. The smallest absolute Gasteiger partial charge is 0.200 e. The third kappa shape index (κ3) is 9.05. The molecular weight excluding hydrogens is 558 g/mol. The average Bonchev–Trinajstić information content (AvgIpc) is 3.63. The van der Waals surface area contributed by atoms with Crippen molar-refractivity contribution in [2.24, 2.45) is 21.8 Å². The molecule has 1 N–H and O–H groups in total. The van der Waals surface area contributed by atoms with E-state index in [0.29, 0.717) is 18.4 Å². The minimum Gasteiger partial charge on any atom is -0.303 e. The summed E-state index contributed by atoms with van der Waals surface area (Å²) in [6.07, 6.45) is 19.4. The van der Waals surface area contributed by atoms with E-state index < -0.39 is 0 Å². The molecule has 2 aliphatic rings. The third-order valence-electron chi connectivity index (χ3n) is 8.66. The van der Waals surface area contributed by atoms with Gasteiger partial charge in [-0.3, -0.25) is 20.1 Å². The number of nitrogens with zero attached hydrogens (tertiary/aromatic N) is 8. The van der Waals surface area contributed by atoms with Crippen molar-refractivity contribution in [1.29, 1.82) is 0 Å². The second-order valence-corrected chi connectivity index (χ2v) is 12.2. The van der Waals surface area contributed by atoms with Crippen molar-refractivity contribution >= 4 is 11.9 Å². The lowest BCUT2D eigenvalue weighted by Gasteiger charge is -2.29. The Morgan fingerprint density at radius 1 is 1.22 bits per heavy atom. The van der Waals surface area contributed by atoms with Gasteiger partial charge in [-0.15, -0.1) is 13.2 Å². The molecule has 45 heavy (non-hydrogen) atoms. The molecule has 0 spiro atoms. The van der Waals surface area contributed by atoms with Crippen LogP contribution in [0.25, 0.3) is 11.5 Å². The Morgan fingerprint density at radius 2 is 2.04 bits per heavy atom. The molecule has 0 aromatic carbocycles. The van der Waals surface area contributed by atoms with Crippen molar-refractivity contribution in [2.45, 2.75) is 65.8 Å². The van der Waals surface area contributed by atoms with Crippen molar-refractivity contribution in [1.82, 2.24) is 35.1 Å². The van der Waals surface area contributed by atoms with Gasteiger partial charge >= 0.3 is 0 Å². The Bertz CT molecular complexity index is 1450. The molecule has 0 fully saturated rings. The molecule has 4 atom stereocenters. The molecule has 4 unspecified atom stereocenters. The fourth-order valence-electron chi connectivity index (χ4n) is 5.59. The number of aromatic amines is 1. The van der Waals surface area contributed by atoms with Crippen LogP contribution in [0, 0.1) is 18.8 Å². The molecule has 0 aliphatic carbocycles. The largest absolute Gasteiger partial charge is 0.303 e. The number of aryl methyl sites for hydroxylation is 1. The van der Waals surface area contributed by atoms with E-state index in [2.05, 4.69) is 108 Å². The fourth-order valence-corrected chi connectivity index (χ4v) is 5.59. The van der Waals surface area contributed by atoms with Crippen LogP contribution < -0.4 is 0 Å². The first-order chi connectivity index (χ1) is 21.7. The van der Waals surface area contributed by atoms with Crippen molar-refractivity contribution < 1.29 is 0 Å². The molecule has 0 bridgehead atoms. The molecule has 9 nitrogen and oxygen atoms in total. The highest BCUT2D eigenvalue weighted by atomic mass is 15.7. The summed E-state index contributed by atoms with van der Waals surface area (Å²) < 4.78 is 0. The predicted octanol–water partition coefficient (Wildman–Crippen LogP) is 6.75. The van der Waals surface area contributed by atoms with Crippen LogP contribution in [-0.4, -0.2) is 86.4 Å². The summed E-state index contributed by atoms with van der Waals surface area (Å²) >= 11 is 0. The molecular formula is C36H51N9. The van der Waals surface area contributed by atoms with E-state index in [1.54, 1.807) is 6.20 Å². The minimum atomic E-state index is 0.185. The van der Waals surface area contributed by atoms with Gasteiger partial charge in [-0.25, -0.2) is 15.0 Å². The zero-order chi connectivity index (χ0) is 32.3. The number of nitrogens with one attached hydrogen (secondary N) is 1. The lowest BCUT2D eigenvalue weighted by molar-refractivity contribution is 0.0431. The van der Waals surface area contributed by atoms with Crippen molar-refractivity contribution in [3.63, 3.8) is 0 Å². The molecule has 4 heterocycles. The maximum absolute atomic E-state index is 5.08. The van der Waals surface area contributed by atoms with Crippen LogP contribution in [0.1, 0.15) is 64.3 Å². The summed E-state index contributed by atoms with van der Waals surface area (Å²) in [6.45, 7) is 22.4. The van der Waals surface area contributed by atoms with E-state index in [9.17, 15) is 0 Å². The second kappa shape index (κ2) is 16.4. The Hall–Kier alpha value is -3.95. The SMILES string of the molecule is C=CC/C1=C/C(C)/C=N\C2=CC(C)N(C)N2C/N=C1/C=C/CC(C=C)CN(CC)CCC(C)c1nc(-c2ncccc2C)n[nH]1. The highest BCUT2D eigenvalue weighted by Crippen LogP contribution is 2.24. The van der Waals surface area contributed by atoms with Gasteiger partial charge in [-0.05, 0) is 81.5 Å². The maximum Gasteiger partial charge on any atom is 0.200 e. The molecule has 0 saturated carbocycles. The summed E-state index contributed by atoms with van der Waals surface area (Å²) in [7, 11) is 2.09. The summed E-state index contributed by atoms with van der Waals surface area (Å²) in [5.74, 6) is 3.29. The topological polar surface area (TPSA) is 88.9 Å². The van der Waals surface area contributed by atoms with E-state index in [1.165, 1.54) is 5.57 Å². The van der Waals surface area contributed by atoms with Crippen molar-refractivity contribution in [3.05, 3.63) is 90.7 Å². The second-order valence-electron chi connectivity index (χ2n) is 12.2. The average molecular weight is 610 g/mol. The Labute approximate surface area is 269 Å². The Morgan fingerprint density at radius 3 is 2.78 bits per heavy atom. The van der Waals surface area contributed by atoms with Gasteiger partial charge in [0.25, 0.3) is 0 Å². The number of allylic oxidation sites excluding steroid dienone is 5. The summed E-state index contributed by atoms with van der Waals surface area (Å²) in [5, 5.41) is 11.9. The van der Waals surface area contributed by atoms with Gasteiger partial charge in [-0.1, -0.05) is 51.1 Å². The first kappa shape index (κ1) is 33.9. The van der Waals surface area contributed by atoms with E-state index in [1.807, 2.05) is 31.3 Å². The standard InChI is InChI=1S/C36H51N9/c1-9-14-31-21-26(4)23-38-33-22-29(7)43(8)45(33)25-39-32(31)17-12-16-30(10-2)24-44(11-3)20-18-28(6)35-40-36(42-41-35)34-27(5)15-13-19-37-34/h9-10,12-13,15,17,19,21-23,26,28-30H,1-2,11,14,16,18,20,24-25H2,3-8H3,(H,40,41,42)/b17-12+,31-21-,38-23-,39-32-. The molecule has 0 saturated heterocycles. The highest BCUT2D eigenvalue weighted by Gasteiger charge is 2.26. The maximum atomic E-state index is 5.08. The number of hydrogen-bond acceptors (Lipinski definition) is 8. The van der Waals surface area contributed by atoms with Gasteiger partial charge in [0, 0.05) is 43.9 Å². The highest BCUT2D eigenvalue weighted by molar-refractivity contribution is 6.08. The number of H-pyrrole nitrogens is 1. The zero-order valence-electron chi connectivity index (χ0n) is 28.0. The van der Waals surface area contributed by atoms with Gasteiger partial charge < -0.3 is 4.90 Å². The Kier molecular flexibility index (Phi) is 12.4. The van der Waals surface area contributed by atoms with Crippen LogP contribution in [0.3, 0.4) is 0 Å². The fraction of sp³-hybridized carbons (Fsp3) is 0.472. The van der Waals surface area contributed by atoms with Crippen molar-refractivity contribution in [3.8, 4) is 11.5 Å². The normalized spacial score (nSPS) is 23.5. The van der Waals surface area contributed by atoms with Crippen molar-refractivity contribution in [2.75, 3.05) is 33.4 Å². The van der Waals surface area contributed by atoms with Crippen LogP contribution in [0.15, 0.2) is 89.3 Å². The number of pyridine rings is 1. The summed E-state index contributed by atoms with van der Waals surface area (Å²) in [4.78, 5) is 21.6. The molecule has 240 valence electrons. The molecule has 9 heteroatoms. The number of hydrazine groups is 1. The summed E-state index contributed by atoms with van der Waals surface area (Å²) in [5.41, 5.74) is 4.08. The number of rotatable bonds is 14. The van der Waals surface area contributed by atoms with Gasteiger partial charge in [0.15, 0.2) is 5.82 Å². The van der Waals surface area contributed by atoms with E-state index >= 15 is 0 Å². The number of hydrogen-bond donors (Lipinski definition) is 1. The van der Waals surface area contributed by atoms with E-state index in [0.717, 1.165) is 67.5 Å². The predicted molar refractivity (Wildman–Crippen MR) is 187 cm³/mol. The quantitative estimate of drug-likeness (QED) is 0.238. The first-order valence-electron chi connectivity index (χ1n) is 16.2. The molecule has 2 aromatic heterocycles. The van der Waals surface area contributed by atoms with Crippen LogP contribution >= 0.6 is 0 Å². The van der Waals surface area contributed by atoms with Gasteiger partial charge in [0.1, 0.15) is 24.0 Å². The van der Waals surface area contributed by atoms with Gasteiger partial charge in [0.2, 0.25) is 0 Å². The molecule has 0 radical (unpaired) electrons. The lowest BCUT2D eigenvalue weighted by atomic mass is 9.99. The minimum absolute atomic E-state index is 0.185. The van der Waals surface area contributed by atoms with Crippen LogP contribution in [0.2, 0.25) is 0 Å². The van der Waals surface area contributed by atoms with Crippen LogP contribution in [0.5, 0.6) is 0 Å². The summed E-state index contributed by atoms with van der Waals surface area (Å²) in [6, 6.07) is 4.25. The number of aliphatic imine (C=N–C) groups is 2. The van der Waals surface area contributed by atoms with Gasteiger partial charge in [0.05, 0.1) is 5.71 Å².